The first-order valence-electron chi connectivity index (χ1n) is 9.52. The number of allylic oxidation sites excluding steroid dienone is 1. The minimum absolute atomic E-state index is 0.0525. The Bertz CT molecular complexity index is 1100. The molecular formula is C21H22N6O. The maximum Gasteiger partial charge on any atom is 0.228 e. The molecule has 5 rings (SSSR count). The van der Waals surface area contributed by atoms with Gasteiger partial charge in [0, 0.05) is 5.92 Å². The quantitative estimate of drug-likeness (QED) is 0.715. The van der Waals surface area contributed by atoms with E-state index in [0.717, 1.165) is 53.4 Å². The monoisotopic (exact) mass is 374 g/mol. The molecule has 28 heavy (non-hydrogen) atoms. The van der Waals surface area contributed by atoms with Crippen LogP contribution in [0.4, 0.5) is 17.2 Å². The van der Waals surface area contributed by atoms with Crippen LogP contribution in [0, 0.1) is 5.92 Å². The second-order valence-electron chi connectivity index (χ2n) is 7.56. The highest BCUT2D eigenvalue weighted by atomic mass is 16.2. The lowest BCUT2D eigenvalue weighted by molar-refractivity contribution is -0.117. The zero-order valence-electron chi connectivity index (χ0n) is 15.8. The van der Waals surface area contributed by atoms with Crippen LogP contribution >= 0.6 is 0 Å². The summed E-state index contributed by atoms with van der Waals surface area (Å²) >= 11 is 0. The van der Waals surface area contributed by atoms with Gasteiger partial charge in [-0.3, -0.25) is 4.79 Å². The summed E-state index contributed by atoms with van der Waals surface area (Å²) in [7, 11) is 0. The van der Waals surface area contributed by atoms with Gasteiger partial charge >= 0.3 is 0 Å². The van der Waals surface area contributed by atoms with Crippen LogP contribution in [-0.2, 0) is 11.3 Å². The number of hydrogen-bond donors (Lipinski definition) is 2. The van der Waals surface area contributed by atoms with Crippen LogP contribution in [0.15, 0.2) is 43.1 Å². The normalized spacial score (nSPS) is 15.4. The number of amides is 1. The highest BCUT2D eigenvalue weighted by Crippen LogP contribution is 2.34. The first-order chi connectivity index (χ1) is 13.6. The Morgan fingerprint density at radius 2 is 2.18 bits per heavy atom. The molecule has 3 heterocycles. The number of imidazole rings is 1. The van der Waals surface area contributed by atoms with E-state index in [9.17, 15) is 4.79 Å². The average molecular weight is 374 g/mol. The zero-order valence-corrected chi connectivity index (χ0v) is 15.8. The third-order valence-corrected chi connectivity index (χ3v) is 5.22. The predicted octanol–water partition coefficient (Wildman–Crippen LogP) is 3.50. The minimum atomic E-state index is 0.0525. The summed E-state index contributed by atoms with van der Waals surface area (Å²) in [5.41, 5.74) is 6.12. The van der Waals surface area contributed by atoms with Gasteiger partial charge in [-0.15, -0.1) is 0 Å². The third-order valence-electron chi connectivity index (χ3n) is 5.22. The molecule has 0 radical (unpaired) electrons. The number of carbonyl (C=O) groups excluding carboxylic acids is 1. The van der Waals surface area contributed by atoms with Crippen molar-refractivity contribution in [3.05, 3.63) is 54.4 Å². The van der Waals surface area contributed by atoms with Crippen molar-refractivity contribution in [2.75, 3.05) is 22.2 Å². The number of anilines is 3. The van der Waals surface area contributed by atoms with Crippen molar-refractivity contribution < 1.29 is 4.79 Å². The standard InChI is InChI=1S/C21H22N6O/c1-13(2)15-5-7-17-18(9-15)26(12-22-17)10-16-6-8-20-23-19(11-27(20)25-16)24-21(28)14-3-4-14/h5-9,11,14,22H,1,3-4,10,12H2,2H3,(H,24,28). The average Bonchev–Trinajstić information content (AvgIpc) is 3.35. The number of rotatable bonds is 5. The molecule has 0 atom stereocenters. The highest BCUT2D eigenvalue weighted by molar-refractivity contribution is 5.93. The first kappa shape index (κ1) is 16.8. The maximum absolute atomic E-state index is 11.9. The van der Waals surface area contributed by atoms with Crippen molar-refractivity contribution in [2.24, 2.45) is 5.92 Å². The van der Waals surface area contributed by atoms with Gasteiger partial charge in [0.05, 0.1) is 36.5 Å². The molecule has 1 fully saturated rings. The van der Waals surface area contributed by atoms with Crippen molar-refractivity contribution in [3.63, 3.8) is 0 Å². The van der Waals surface area contributed by atoms with Gasteiger partial charge in [0.2, 0.25) is 5.91 Å². The summed E-state index contributed by atoms with van der Waals surface area (Å²) in [5.74, 6) is 0.762. The number of benzene rings is 1. The van der Waals surface area contributed by atoms with E-state index < -0.39 is 0 Å². The molecule has 1 amide bonds. The molecule has 1 aliphatic heterocycles. The molecule has 1 aromatic carbocycles. The molecule has 1 saturated carbocycles. The van der Waals surface area contributed by atoms with Crippen LogP contribution in [0.3, 0.4) is 0 Å². The highest BCUT2D eigenvalue weighted by Gasteiger charge is 2.30. The number of aromatic nitrogens is 3. The molecule has 0 saturated heterocycles. The van der Waals surface area contributed by atoms with E-state index in [1.54, 1.807) is 10.7 Å². The molecular weight excluding hydrogens is 352 g/mol. The Balaban J connectivity index is 1.37. The Kier molecular flexibility index (Phi) is 3.82. The van der Waals surface area contributed by atoms with E-state index in [2.05, 4.69) is 50.4 Å². The number of nitrogens with one attached hydrogen (secondary N) is 2. The molecule has 0 unspecified atom stereocenters. The van der Waals surface area contributed by atoms with Crippen molar-refractivity contribution >= 4 is 34.3 Å². The maximum atomic E-state index is 11.9. The number of hydrogen-bond acceptors (Lipinski definition) is 5. The summed E-state index contributed by atoms with van der Waals surface area (Å²) in [6.45, 7) is 7.47. The lowest BCUT2D eigenvalue weighted by Gasteiger charge is -2.18. The second-order valence-corrected chi connectivity index (χ2v) is 7.56. The van der Waals surface area contributed by atoms with Gasteiger partial charge in [0.1, 0.15) is 0 Å². The van der Waals surface area contributed by atoms with Crippen LogP contribution in [0.5, 0.6) is 0 Å². The molecule has 2 aliphatic rings. The Morgan fingerprint density at radius 1 is 1.32 bits per heavy atom. The van der Waals surface area contributed by atoms with Crippen molar-refractivity contribution in [3.8, 4) is 0 Å². The summed E-state index contributed by atoms with van der Waals surface area (Å²) < 4.78 is 1.73. The van der Waals surface area contributed by atoms with Gasteiger partial charge in [0.25, 0.3) is 0 Å². The molecule has 0 bridgehead atoms. The summed E-state index contributed by atoms with van der Waals surface area (Å²) in [6.07, 6.45) is 3.72. The SMILES string of the molecule is C=C(C)c1ccc2c(c1)N(Cc1ccc3nc(NC(=O)C4CC4)cn3n1)CN2. The molecule has 7 heteroatoms. The molecule has 0 spiro atoms. The second kappa shape index (κ2) is 6.37. The van der Waals surface area contributed by atoms with Crippen LogP contribution in [0.2, 0.25) is 0 Å². The Labute approximate surface area is 163 Å². The summed E-state index contributed by atoms with van der Waals surface area (Å²) in [5, 5.41) is 11.0. The number of carbonyl (C=O) groups is 1. The third kappa shape index (κ3) is 3.09. The van der Waals surface area contributed by atoms with E-state index in [4.69, 9.17) is 0 Å². The van der Waals surface area contributed by atoms with Gasteiger partial charge in [-0.05, 0) is 49.6 Å². The Morgan fingerprint density at radius 3 is 2.96 bits per heavy atom. The van der Waals surface area contributed by atoms with Crippen LogP contribution in [-0.4, -0.2) is 27.2 Å². The van der Waals surface area contributed by atoms with Crippen LogP contribution in [0.1, 0.15) is 31.0 Å². The largest absolute Gasteiger partial charge is 0.366 e. The minimum Gasteiger partial charge on any atom is -0.366 e. The van der Waals surface area contributed by atoms with E-state index in [1.807, 2.05) is 19.1 Å². The van der Waals surface area contributed by atoms with Crippen molar-refractivity contribution in [2.45, 2.75) is 26.3 Å². The fourth-order valence-electron chi connectivity index (χ4n) is 3.45. The van der Waals surface area contributed by atoms with Gasteiger partial charge in [0.15, 0.2) is 11.5 Å². The lowest BCUT2D eigenvalue weighted by atomic mass is 10.1. The van der Waals surface area contributed by atoms with E-state index in [1.165, 1.54) is 0 Å². The van der Waals surface area contributed by atoms with Gasteiger partial charge in [-0.1, -0.05) is 18.2 Å². The predicted molar refractivity (Wildman–Crippen MR) is 110 cm³/mol. The van der Waals surface area contributed by atoms with Gasteiger partial charge in [-0.2, -0.15) is 5.10 Å². The Hall–Kier alpha value is -3.35. The number of fused-ring (bicyclic) bond motifs is 2. The topological polar surface area (TPSA) is 74.6 Å². The molecule has 1 aliphatic carbocycles. The van der Waals surface area contributed by atoms with E-state index in [0.29, 0.717) is 12.4 Å². The van der Waals surface area contributed by atoms with E-state index in [-0.39, 0.29) is 11.8 Å². The van der Waals surface area contributed by atoms with Crippen molar-refractivity contribution in [1.29, 1.82) is 0 Å². The van der Waals surface area contributed by atoms with Gasteiger partial charge < -0.3 is 15.5 Å². The molecule has 7 nitrogen and oxygen atoms in total. The first-order valence-corrected chi connectivity index (χ1v) is 9.52. The van der Waals surface area contributed by atoms with Crippen molar-refractivity contribution in [1.82, 2.24) is 14.6 Å². The molecule has 2 N–H and O–H groups in total. The molecule has 3 aromatic rings. The fraction of sp³-hybridized carbons (Fsp3) is 0.286. The van der Waals surface area contributed by atoms with Gasteiger partial charge in [-0.25, -0.2) is 9.50 Å². The summed E-state index contributed by atoms with van der Waals surface area (Å²) in [4.78, 5) is 18.6. The van der Waals surface area contributed by atoms with E-state index >= 15 is 0 Å². The smallest absolute Gasteiger partial charge is 0.228 e. The summed E-state index contributed by atoms with van der Waals surface area (Å²) in [6, 6.07) is 10.3. The zero-order chi connectivity index (χ0) is 19.3. The van der Waals surface area contributed by atoms with Crippen LogP contribution < -0.4 is 15.5 Å². The molecule has 2 aromatic heterocycles. The molecule has 142 valence electrons. The van der Waals surface area contributed by atoms with Crippen LogP contribution in [0.25, 0.3) is 11.2 Å². The number of nitrogens with zero attached hydrogens (tertiary/aromatic N) is 4. The lowest BCUT2D eigenvalue weighted by Crippen LogP contribution is -2.23. The fourth-order valence-corrected chi connectivity index (χ4v) is 3.45.